The van der Waals surface area contributed by atoms with Gasteiger partial charge in [0, 0.05) is 38.1 Å². The van der Waals surface area contributed by atoms with Crippen LogP contribution in [0.5, 0.6) is 0 Å². The van der Waals surface area contributed by atoms with Crippen LogP contribution in [0, 0.1) is 0 Å². The largest absolute Gasteiger partial charge is 0.346 e. The topological polar surface area (TPSA) is 54.3 Å². The first-order valence-corrected chi connectivity index (χ1v) is 9.16. The van der Waals surface area contributed by atoms with Gasteiger partial charge >= 0.3 is 0 Å². The molecule has 0 unspecified atom stereocenters. The van der Waals surface area contributed by atoms with E-state index in [1.165, 1.54) is 4.31 Å². The number of hydrogen-bond donors (Lipinski definition) is 1. The Morgan fingerprint density at radius 2 is 2.00 bits per heavy atom. The van der Waals surface area contributed by atoms with Crippen LogP contribution in [0.4, 0.5) is 0 Å². The zero-order valence-electron chi connectivity index (χ0n) is 13.9. The van der Waals surface area contributed by atoms with E-state index in [0.717, 1.165) is 25.1 Å². The average Bonchev–Trinajstić information content (AvgIpc) is 2.87. The van der Waals surface area contributed by atoms with Crippen molar-refractivity contribution >= 4 is 10.0 Å². The molecule has 0 aliphatic rings. The van der Waals surface area contributed by atoms with Gasteiger partial charge in [-0.15, -0.1) is 0 Å². The van der Waals surface area contributed by atoms with Gasteiger partial charge in [-0.05, 0) is 32.9 Å². The van der Waals surface area contributed by atoms with Crippen molar-refractivity contribution in [1.29, 1.82) is 0 Å². The zero-order chi connectivity index (χ0) is 16.0. The van der Waals surface area contributed by atoms with E-state index in [0.29, 0.717) is 18.0 Å². The lowest BCUT2D eigenvalue weighted by atomic mass is 10.3. The fourth-order valence-electron chi connectivity index (χ4n) is 2.19. The van der Waals surface area contributed by atoms with Crippen LogP contribution in [0.25, 0.3) is 0 Å². The number of aromatic nitrogens is 1. The Morgan fingerprint density at radius 3 is 2.52 bits per heavy atom. The number of nitrogens with zero attached hydrogens (tertiary/aromatic N) is 2. The highest BCUT2D eigenvalue weighted by molar-refractivity contribution is 7.89. The molecule has 1 aromatic rings. The van der Waals surface area contributed by atoms with Crippen LogP contribution in [0.2, 0.25) is 0 Å². The standard InChI is InChI=1S/C15H29N3O2S/c1-6-8-9-17(5)21(19,20)15-10-14(11-16-7-2)18(12-15)13(3)4/h10,12-13,16H,6-9,11H2,1-5H3. The van der Waals surface area contributed by atoms with E-state index >= 15 is 0 Å². The molecule has 1 heterocycles. The maximum Gasteiger partial charge on any atom is 0.244 e. The fraction of sp³-hybridized carbons (Fsp3) is 0.733. The molecule has 0 fully saturated rings. The number of rotatable bonds is 9. The predicted molar refractivity (Wildman–Crippen MR) is 86.9 cm³/mol. The fourth-order valence-corrected chi connectivity index (χ4v) is 3.46. The molecule has 0 spiro atoms. The zero-order valence-corrected chi connectivity index (χ0v) is 14.7. The summed E-state index contributed by atoms with van der Waals surface area (Å²) in [5.41, 5.74) is 1.01. The van der Waals surface area contributed by atoms with E-state index < -0.39 is 10.0 Å². The smallest absolute Gasteiger partial charge is 0.244 e. The van der Waals surface area contributed by atoms with Crippen LogP contribution in [0.1, 0.15) is 52.3 Å². The third-order valence-electron chi connectivity index (χ3n) is 3.55. The van der Waals surface area contributed by atoms with E-state index in [1.807, 2.05) is 11.5 Å². The van der Waals surface area contributed by atoms with Gasteiger partial charge in [0.25, 0.3) is 0 Å². The number of sulfonamides is 1. The summed E-state index contributed by atoms with van der Waals surface area (Å²) in [5, 5.41) is 3.26. The number of unbranched alkanes of at least 4 members (excludes halogenated alkanes) is 1. The van der Waals surface area contributed by atoms with E-state index in [-0.39, 0.29) is 6.04 Å². The summed E-state index contributed by atoms with van der Waals surface area (Å²) in [5.74, 6) is 0. The summed E-state index contributed by atoms with van der Waals surface area (Å²) >= 11 is 0. The second-order valence-corrected chi connectivity index (χ2v) is 7.67. The minimum absolute atomic E-state index is 0.239. The summed E-state index contributed by atoms with van der Waals surface area (Å²) < 4.78 is 28.7. The van der Waals surface area contributed by atoms with E-state index in [1.54, 1.807) is 19.3 Å². The summed E-state index contributed by atoms with van der Waals surface area (Å²) in [6.45, 7) is 10.3. The average molecular weight is 315 g/mol. The summed E-state index contributed by atoms with van der Waals surface area (Å²) in [6.07, 6.45) is 3.62. The third kappa shape index (κ3) is 4.56. The Kier molecular flexibility index (Phi) is 6.90. The molecule has 0 aliphatic heterocycles. The first kappa shape index (κ1) is 18.2. The van der Waals surface area contributed by atoms with Gasteiger partial charge in [0.2, 0.25) is 10.0 Å². The van der Waals surface area contributed by atoms with Crippen LogP contribution in [0.15, 0.2) is 17.2 Å². The van der Waals surface area contributed by atoms with E-state index in [9.17, 15) is 8.42 Å². The molecule has 1 rings (SSSR count). The molecule has 21 heavy (non-hydrogen) atoms. The second-order valence-electron chi connectivity index (χ2n) is 5.63. The predicted octanol–water partition coefficient (Wildman–Crippen LogP) is 2.60. The summed E-state index contributed by atoms with van der Waals surface area (Å²) in [4.78, 5) is 0.391. The van der Waals surface area contributed by atoms with Crippen LogP contribution in [-0.2, 0) is 16.6 Å². The van der Waals surface area contributed by atoms with Crippen molar-refractivity contribution in [3.8, 4) is 0 Å². The number of hydrogen-bond acceptors (Lipinski definition) is 3. The molecule has 0 bridgehead atoms. The van der Waals surface area contributed by atoms with E-state index in [4.69, 9.17) is 0 Å². The van der Waals surface area contributed by atoms with Crippen molar-refractivity contribution in [1.82, 2.24) is 14.2 Å². The van der Waals surface area contributed by atoms with Crippen molar-refractivity contribution in [2.75, 3.05) is 20.1 Å². The molecule has 0 saturated heterocycles. The molecule has 0 radical (unpaired) electrons. The minimum atomic E-state index is -3.39. The van der Waals surface area contributed by atoms with Crippen molar-refractivity contribution in [2.24, 2.45) is 0 Å². The van der Waals surface area contributed by atoms with Crippen LogP contribution in [-0.4, -0.2) is 37.4 Å². The molecule has 6 heteroatoms. The normalized spacial score (nSPS) is 12.5. The lowest BCUT2D eigenvalue weighted by molar-refractivity contribution is 0.459. The third-order valence-corrected chi connectivity index (χ3v) is 5.38. The molecular weight excluding hydrogens is 286 g/mol. The highest BCUT2D eigenvalue weighted by Crippen LogP contribution is 2.21. The van der Waals surface area contributed by atoms with Gasteiger partial charge in [0.1, 0.15) is 4.90 Å². The molecule has 122 valence electrons. The first-order valence-electron chi connectivity index (χ1n) is 7.72. The summed E-state index contributed by atoms with van der Waals surface area (Å²) in [6, 6.07) is 2.03. The molecule has 0 atom stereocenters. The van der Waals surface area contributed by atoms with Gasteiger partial charge < -0.3 is 9.88 Å². The van der Waals surface area contributed by atoms with Crippen LogP contribution in [0.3, 0.4) is 0 Å². The maximum absolute atomic E-state index is 12.6. The van der Waals surface area contributed by atoms with Gasteiger partial charge in [0.05, 0.1) is 0 Å². The van der Waals surface area contributed by atoms with E-state index in [2.05, 4.69) is 26.1 Å². The molecule has 5 nitrogen and oxygen atoms in total. The Morgan fingerprint density at radius 1 is 1.33 bits per heavy atom. The van der Waals surface area contributed by atoms with Gasteiger partial charge in [0.15, 0.2) is 0 Å². The SMILES string of the molecule is CCCCN(C)S(=O)(=O)c1cc(CNCC)n(C(C)C)c1. The van der Waals surface area contributed by atoms with Crippen molar-refractivity contribution < 1.29 is 8.42 Å². The van der Waals surface area contributed by atoms with Crippen molar-refractivity contribution in [3.05, 3.63) is 18.0 Å². The second kappa shape index (κ2) is 7.96. The Labute approximate surface area is 129 Å². The van der Waals surface area contributed by atoms with Crippen LogP contribution >= 0.6 is 0 Å². The molecule has 0 amide bonds. The van der Waals surface area contributed by atoms with Crippen molar-refractivity contribution in [2.45, 2.75) is 58.0 Å². The first-order chi connectivity index (χ1) is 9.84. The summed E-state index contributed by atoms with van der Waals surface area (Å²) in [7, 11) is -1.73. The minimum Gasteiger partial charge on any atom is -0.346 e. The van der Waals surface area contributed by atoms with Gasteiger partial charge in [-0.3, -0.25) is 0 Å². The molecule has 0 aromatic carbocycles. The van der Waals surface area contributed by atoms with Crippen molar-refractivity contribution in [3.63, 3.8) is 0 Å². The molecule has 0 aliphatic carbocycles. The molecular formula is C15H29N3O2S. The highest BCUT2D eigenvalue weighted by Gasteiger charge is 2.23. The lowest BCUT2D eigenvalue weighted by Crippen LogP contribution is -2.27. The van der Waals surface area contributed by atoms with Gasteiger partial charge in [-0.1, -0.05) is 20.3 Å². The lowest BCUT2D eigenvalue weighted by Gasteiger charge is -2.15. The maximum atomic E-state index is 12.6. The molecule has 1 aromatic heterocycles. The van der Waals surface area contributed by atoms with Gasteiger partial charge in [-0.2, -0.15) is 0 Å². The molecule has 0 saturated carbocycles. The quantitative estimate of drug-likeness (QED) is 0.762. The Hall–Kier alpha value is -0.850. The monoisotopic (exact) mass is 315 g/mol. The van der Waals surface area contributed by atoms with Crippen LogP contribution < -0.4 is 5.32 Å². The Bertz CT molecular complexity index is 535. The Balaban J connectivity index is 3.06. The highest BCUT2D eigenvalue weighted by atomic mass is 32.2. The number of nitrogens with one attached hydrogen (secondary N) is 1. The molecule has 1 N–H and O–H groups in total. The van der Waals surface area contributed by atoms with Gasteiger partial charge in [-0.25, -0.2) is 12.7 Å².